The Morgan fingerprint density at radius 3 is 3.23 bits per heavy atom. The third kappa shape index (κ3) is 1.68. The lowest BCUT2D eigenvalue weighted by atomic mass is 10.2. The van der Waals surface area contributed by atoms with E-state index in [1.165, 1.54) is 0 Å². The largest absolute Gasteiger partial charge is 0.473 e. The van der Waals surface area contributed by atoms with Gasteiger partial charge in [0.15, 0.2) is 6.23 Å². The van der Waals surface area contributed by atoms with E-state index in [1.807, 2.05) is 11.8 Å². The molecular formula is C9H13NO2S. The summed E-state index contributed by atoms with van der Waals surface area (Å²) in [6, 6.07) is 0. The number of β-lactam (4-membered cyclic amide) rings is 1. The van der Waals surface area contributed by atoms with Gasteiger partial charge in [0, 0.05) is 5.75 Å². The molecule has 2 aliphatic rings. The van der Waals surface area contributed by atoms with E-state index < -0.39 is 0 Å². The number of thioether (sulfide) groups is 1. The maximum absolute atomic E-state index is 11.0. The summed E-state index contributed by atoms with van der Waals surface area (Å²) in [5.74, 6) is 3.30. The van der Waals surface area contributed by atoms with Crippen LogP contribution in [0.2, 0.25) is 0 Å². The van der Waals surface area contributed by atoms with Crippen LogP contribution in [0.4, 0.5) is 0 Å². The maximum Gasteiger partial charge on any atom is 0.231 e. The van der Waals surface area contributed by atoms with E-state index in [-0.39, 0.29) is 12.1 Å². The Morgan fingerprint density at radius 2 is 2.62 bits per heavy atom. The molecule has 0 unspecified atom stereocenters. The number of nitrogens with zero attached hydrogens (tertiary/aromatic N) is 1. The Morgan fingerprint density at radius 1 is 1.77 bits per heavy atom. The molecule has 2 rings (SSSR count). The molecule has 0 N–H and O–H groups in total. The highest BCUT2D eigenvalue weighted by Gasteiger charge is 2.43. The van der Waals surface area contributed by atoms with Crippen molar-refractivity contribution in [1.82, 2.24) is 4.90 Å². The first-order chi connectivity index (χ1) is 6.31. The van der Waals surface area contributed by atoms with Gasteiger partial charge in [-0.05, 0) is 11.8 Å². The van der Waals surface area contributed by atoms with Gasteiger partial charge in [0.2, 0.25) is 5.91 Å². The summed E-state index contributed by atoms with van der Waals surface area (Å²) in [4.78, 5) is 12.8. The number of rotatable bonds is 3. The number of hydrogen-bond acceptors (Lipinski definition) is 3. The highest BCUT2D eigenvalue weighted by Crippen LogP contribution is 2.30. The van der Waals surface area contributed by atoms with Gasteiger partial charge in [-0.2, -0.15) is 11.8 Å². The topological polar surface area (TPSA) is 29.5 Å². The summed E-state index contributed by atoms with van der Waals surface area (Å²) in [5, 5.41) is 0. The number of carbonyl (C=O) groups is 1. The summed E-state index contributed by atoms with van der Waals surface area (Å²) in [6.45, 7) is 2.82. The molecular weight excluding hydrogens is 186 g/mol. The van der Waals surface area contributed by atoms with Crippen molar-refractivity contribution in [3.05, 3.63) is 11.8 Å². The molecule has 1 atom stereocenters. The normalized spacial score (nSPS) is 28.7. The smallest absolute Gasteiger partial charge is 0.231 e. The molecule has 1 amide bonds. The Kier molecular flexibility index (Phi) is 2.49. The van der Waals surface area contributed by atoms with E-state index in [0.717, 1.165) is 17.3 Å². The Bertz CT molecular complexity index is 252. The summed E-state index contributed by atoms with van der Waals surface area (Å²) >= 11 is 1.86. The third-order valence-corrected chi connectivity index (χ3v) is 3.07. The molecule has 2 fully saturated rings. The molecule has 2 heterocycles. The Balaban J connectivity index is 1.84. The first-order valence-electron chi connectivity index (χ1n) is 4.54. The van der Waals surface area contributed by atoms with Gasteiger partial charge in [-0.3, -0.25) is 9.69 Å². The summed E-state index contributed by atoms with van der Waals surface area (Å²) in [7, 11) is 0. The summed E-state index contributed by atoms with van der Waals surface area (Å²) < 4.78 is 5.53. The van der Waals surface area contributed by atoms with Crippen LogP contribution >= 0.6 is 11.8 Å². The molecule has 3 nitrogen and oxygen atoms in total. The monoisotopic (exact) mass is 199 g/mol. The van der Waals surface area contributed by atoms with Gasteiger partial charge in [-0.15, -0.1) is 0 Å². The second-order valence-corrected chi connectivity index (χ2v) is 4.45. The predicted molar refractivity (Wildman–Crippen MR) is 52.3 cm³/mol. The highest BCUT2D eigenvalue weighted by molar-refractivity contribution is 7.99. The number of fused-ring (bicyclic) bond motifs is 1. The molecule has 0 radical (unpaired) electrons. The van der Waals surface area contributed by atoms with E-state index in [9.17, 15) is 4.79 Å². The van der Waals surface area contributed by atoms with Crippen LogP contribution in [0.25, 0.3) is 0 Å². The van der Waals surface area contributed by atoms with Crippen LogP contribution in [-0.4, -0.2) is 35.1 Å². The molecule has 0 aromatic heterocycles. The number of amides is 1. The van der Waals surface area contributed by atoms with Gasteiger partial charge < -0.3 is 4.74 Å². The molecule has 0 aromatic carbocycles. The van der Waals surface area contributed by atoms with Gasteiger partial charge >= 0.3 is 0 Å². The quantitative estimate of drug-likeness (QED) is 0.505. The minimum atomic E-state index is 0.0605. The first-order valence-corrected chi connectivity index (χ1v) is 5.69. The lowest BCUT2D eigenvalue weighted by Crippen LogP contribution is -2.48. The van der Waals surface area contributed by atoms with Crippen LogP contribution in [-0.2, 0) is 9.53 Å². The van der Waals surface area contributed by atoms with Crippen molar-refractivity contribution in [2.24, 2.45) is 0 Å². The van der Waals surface area contributed by atoms with Gasteiger partial charge in [-0.1, -0.05) is 6.92 Å². The molecule has 2 saturated heterocycles. The molecule has 13 heavy (non-hydrogen) atoms. The number of ether oxygens (including phenoxy) is 1. The molecule has 2 aliphatic heterocycles. The molecule has 0 saturated carbocycles. The predicted octanol–water partition coefficient (Wildman–Crippen LogP) is 1.21. The van der Waals surface area contributed by atoms with Crippen LogP contribution in [0, 0.1) is 0 Å². The van der Waals surface area contributed by atoms with Crippen molar-refractivity contribution < 1.29 is 9.53 Å². The molecule has 0 bridgehead atoms. The zero-order valence-corrected chi connectivity index (χ0v) is 8.47. The Hall–Kier alpha value is -0.640. The molecule has 4 heteroatoms. The van der Waals surface area contributed by atoms with Crippen LogP contribution in [0.5, 0.6) is 0 Å². The molecule has 0 aliphatic carbocycles. The zero-order chi connectivity index (χ0) is 9.26. The third-order valence-electron chi connectivity index (χ3n) is 2.26. The molecule has 0 aromatic rings. The fourth-order valence-corrected chi connectivity index (χ4v) is 2.02. The van der Waals surface area contributed by atoms with E-state index in [0.29, 0.717) is 13.0 Å². The van der Waals surface area contributed by atoms with Crippen molar-refractivity contribution in [3.8, 4) is 0 Å². The van der Waals surface area contributed by atoms with Crippen molar-refractivity contribution in [2.45, 2.75) is 19.6 Å². The Labute approximate surface area is 82.1 Å². The van der Waals surface area contributed by atoms with E-state index in [2.05, 4.69) is 13.0 Å². The van der Waals surface area contributed by atoms with Gasteiger partial charge in [0.05, 0.1) is 13.0 Å². The van der Waals surface area contributed by atoms with Gasteiger partial charge in [0.25, 0.3) is 0 Å². The average molecular weight is 199 g/mol. The molecule has 72 valence electrons. The molecule has 0 spiro atoms. The van der Waals surface area contributed by atoms with E-state index in [1.54, 1.807) is 4.90 Å². The van der Waals surface area contributed by atoms with Crippen molar-refractivity contribution >= 4 is 17.7 Å². The van der Waals surface area contributed by atoms with Crippen LogP contribution < -0.4 is 0 Å². The lowest BCUT2D eigenvalue weighted by molar-refractivity contribution is -0.154. The standard InChI is InChI=1S/C9H13NO2S/c1-2-13-4-3-7-6-10-8(11)5-9(10)12-7/h3,9H,2,4-6H2,1H3/t9-/m1/s1. The summed E-state index contributed by atoms with van der Waals surface area (Å²) in [5.41, 5.74) is 0. The van der Waals surface area contributed by atoms with Crippen molar-refractivity contribution in [1.29, 1.82) is 0 Å². The van der Waals surface area contributed by atoms with Crippen molar-refractivity contribution in [3.63, 3.8) is 0 Å². The van der Waals surface area contributed by atoms with Crippen LogP contribution in [0.1, 0.15) is 13.3 Å². The average Bonchev–Trinajstić information content (AvgIpc) is 2.43. The fourth-order valence-electron chi connectivity index (χ4n) is 1.48. The van der Waals surface area contributed by atoms with E-state index in [4.69, 9.17) is 4.74 Å². The van der Waals surface area contributed by atoms with Gasteiger partial charge in [-0.25, -0.2) is 0 Å². The minimum absolute atomic E-state index is 0.0605. The highest BCUT2D eigenvalue weighted by atomic mass is 32.2. The van der Waals surface area contributed by atoms with Crippen LogP contribution in [0.3, 0.4) is 0 Å². The second kappa shape index (κ2) is 3.62. The number of hydrogen-bond donors (Lipinski definition) is 0. The first kappa shape index (κ1) is 8.94. The fraction of sp³-hybridized carbons (Fsp3) is 0.667. The second-order valence-electron chi connectivity index (χ2n) is 3.13. The SMILES string of the molecule is CCSCC=C1CN2C(=O)C[C@H]2O1. The van der Waals surface area contributed by atoms with E-state index >= 15 is 0 Å². The minimum Gasteiger partial charge on any atom is -0.473 e. The lowest BCUT2D eigenvalue weighted by Gasteiger charge is -2.30. The number of carbonyl (C=O) groups excluding carboxylic acids is 1. The van der Waals surface area contributed by atoms with Crippen LogP contribution in [0.15, 0.2) is 11.8 Å². The maximum atomic E-state index is 11.0. The van der Waals surface area contributed by atoms with Crippen molar-refractivity contribution in [2.75, 3.05) is 18.1 Å². The zero-order valence-electron chi connectivity index (χ0n) is 7.66. The van der Waals surface area contributed by atoms with Gasteiger partial charge in [0.1, 0.15) is 5.76 Å². The summed E-state index contributed by atoms with van der Waals surface area (Å²) in [6.07, 6.45) is 2.71.